The number of aliphatic hydroxyl groups is 2. The number of alkyl halides is 4. The van der Waals surface area contributed by atoms with Crippen molar-refractivity contribution in [3.63, 3.8) is 0 Å². The standard InChI is InChI=1S/C32H36N8O2.C24H31N7O2.C8H6BrN.C2HF3O2/c1-21-13-26(14-29(42-3)22(21)2)39-18-30(34-20-39)36-32-35-28-17-38(16-24-8-6-23(15-33)7-9-24)12-10-27(28)31(37-32)40-11-4-5-25(40)19-41;1-15-9-18(10-21(33-3)16(15)2)30-12-22(26-14-30)28-24-27-20-11-25-7-6-19(20)23(29-24)31-8-4-5-17(31)13-32;9-5-7-1-3-8(6-10)4-2-7;3-2(4,5)1(6)7/h6-9,13-14,18,20,25,41H,4-5,10-12,16-17,19H2,1-3H3,(H,35,36,37);9-10,12,14,17,25,32H,4-8,11,13H2,1-3H3,(H,27,28,29);1-4H,5H2;(H,6,7)/t25-;17-;;/m00../s1. The van der Waals surface area contributed by atoms with Gasteiger partial charge in [-0.25, -0.2) is 24.7 Å². The number of benzene rings is 4. The molecule has 6 N–H and O–H groups in total. The number of aromatic nitrogens is 8. The molecule has 0 bridgehead atoms. The molecule has 0 aliphatic carbocycles. The van der Waals surface area contributed by atoms with Crippen LogP contribution < -0.4 is 35.2 Å². The highest BCUT2D eigenvalue weighted by atomic mass is 79.9. The average Bonchev–Trinajstić information content (AvgIpc) is 1.35. The summed E-state index contributed by atoms with van der Waals surface area (Å²) in [6, 6.07) is 27.9. The van der Waals surface area contributed by atoms with Gasteiger partial charge in [0.25, 0.3) is 0 Å². The van der Waals surface area contributed by atoms with E-state index in [4.69, 9.17) is 49.8 Å². The Morgan fingerprint density at radius 2 is 1.16 bits per heavy atom. The summed E-state index contributed by atoms with van der Waals surface area (Å²) in [5.74, 6) is 3.12. The van der Waals surface area contributed by atoms with Crippen LogP contribution in [-0.2, 0) is 42.6 Å². The van der Waals surface area contributed by atoms with Gasteiger partial charge in [0, 0.05) is 67.9 Å². The summed E-state index contributed by atoms with van der Waals surface area (Å²) < 4.78 is 46.7. The van der Waals surface area contributed by atoms with E-state index in [1.54, 1.807) is 26.9 Å². The van der Waals surface area contributed by atoms with E-state index in [1.165, 1.54) is 16.7 Å². The minimum atomic E-state index is -5.08. The number of imidazole rings is 2. The predicted molar refractivity (Wildman–Crippen MR) is 347 cm³/mol. The maximum absolute atomic E-state index is 10.6. The zero-order chi connectivity index (χ0) is 65.6. The Balaban J connectivity index is 0.000000176. The van der Waals surface area contributed by atoms with Crippen molar-refractivity contribution >= 4 is 57.1 Å². The molecule has 2 saturated heterocycles. The molecule has 12 rings (SSSR count). The van der Waals surface area contributed by atoms with Gasteiger partial charge in [0.05, 0.1) is 97.9 Å². The minimum Gasteiger partial charge on any atom is -0.496 e. The van der Waals surface area contributed by atoms with Crippen molar-refractivity contribution in [1.82, 2.24) is 49.3 Å². The Morgan fingerprint density at radius 1 is 0.696 bits per heavy atom. The number of carbonyl (C=O) groups is 1. The number of aliphatic carboxylic acids is 1. The first kappa shape index (κ1) is 67.2. The molecule has 0 saturated carbocycles. The number of aliphatic hydroxyl groups excluding tert-OH is 2. The quantitative estimate of drug-likeness (QED) is 0.0521. The third-order valence-corrected chi connectivity index (χ3v) is 17.3. The molecule has 8 aromatic rings. The van der Waals surface area contributed by atoms with E-state index in [2.05, 4.69) is 109 Å². The summed E-state index contributed by atoms with van der Waals surface area (Å²) in [5, 5.41) is 55.5. The van der Waals surface area contributed by atoms with E-state index < -0.39 is 12.1 Å². The Bertz CT molecular complexity index is 3950. The molecule has 92 heavy (non-hydrogen) atoms. The van der Waals surface area contributed by atoms with Gasteiger partial charge in [0.2, 0.25) is 11.9 Å². The van der Waals surface area contributed by atoms with Crippen LogP contribution in [0.3, 0.4) is 0 Å². The first-order valence-electron chi connectivity index (χ1n) is 30.1. The van der Waals surface area contributed by atoms with Crippen molar-refractivity contribution in [2.75, 3.05) is 74.0 Å². The van der Waals surface area contributed by atoms with E-state index in [9.17, 15) is 23.4 Å². The lowest BCUT2D eigenvalue weighted by Gasteiger charge is -2.33. The molecule has 26 heteroatoms. The number of halogens is 4. The normalized spacial score (nSPS) is 15.8. The van der Waals surface area contributed by atoms with Crippen molar-refractivity contribution in [3.8, 4) is 35.0 Å². The van der Waals surface area contributed by atoms with Gasteiger partial charge in [-0.1, -0.05) is 40.2 Å². The molecule has 2 fully saturated rings. The zero-order valence-corrected chi connectivity index (χ0v) is 53.7. The van der Waals surface area contributed by atoms with E-state index in [0.717, 1.165) is 150 Å². The van der Waals surface area contributed by atoms with Gasteiger partial charge < -0.3 is 59.7 Å². The van der Waals surface area contributed by atoms with E-state index >= 15 is 0 Å². The number of hydrogen-bond acceptors (Lipinski definition) is 19. The van der Waals surface area contributed by atoms with Crippen molar-refractivity contribution in [3.05, 3.63) is 165 Å². The van der Waals surface area contributed by atoms with Crippen LogP contribution in [0.1, 0.15) is 92.7 Å². The third kappa shape index (κ3) is 16.5. The van der Waals surface area contributed by atoms with Crippen LogP contribution in [0.25, 0.3) is 11.4 Å². The lowest BCUT2D eigenvalue weighted by Crippen LogP contribution is -2.37. The predicted octanol–water partition coefficient (Wildman–Crippen LogP) is 10.1. The van der Waals surface area contributed by atoms with Crippen molar-refractivity contribution < 1.29 is 42.8 Å². The highest BCUT2D eigenvalue weighted by molar-refractivity contribution is 9.08. The highest BCUT2D eigenvalue weighted by Gasteiger charge is 2.38. The second-order valence-electron chi connectivity index (χ2n) is 22.6. The van der Waals surface area contributed by atoms with E-state index in [1.807, 2.05) is 82.2 Å². The van der Waals surface area contributed by atoms with Crippen LogP contribution in [0.5, 0.6) is 11.5 Å². The molecule has 4 aliphatic rings. The van der Waals surface area contributed by atoms with Crippen molar-refractivity contribution in [1.29, 1.82) is 10.5 Å². The molecule has 4 aromatic carbocycles. The molecule has 482 valence electrons. The fraction of sp³-hybridized carbons (Fsp3) is 0.379. The Labute approximate surface area is 540 Å². The summed E-state index contributed by atoms with van der Waals surface area (Å²) in [5.41, 5.74) is 14.6. The number of nitriles is 2. The Hall–Kier alpha value is -9.18. The molecule has 4 aliphatic heterocycles. The molecule has 22 nitrogen and oxygen atoms in total. The Kier molecular flexibility index (Phi) is 22.5. The third-order valence-electron chi connectivity index (χ3n) is 16.6. The number of rotatable bonds is 15. The topological polar surface area (TPSA) is 277 Å². The van der Waals surface area contributed by atoms with Crippen LogP contribution in [0.15, 0.2) is 97.8 Å². The lowest BCUT2D eigenvalue weighted by molar-refractivity contribution is -0.192. The number of ether oxygens (including phenoxy) is 2. The number of hydrogen-bond donors (Lipinski definition) is 6. The molecule has 8 heterocycles. The smallest absolute Gasteiger partial charge is 0.490 e. The minimum absolute atomic E-state index is 0.0625. The number of aryl methyl sites for hydroxylation is 2. The molecular formula is C66H74BrF3N16O6. The maximum Gasteiger partial charge on any atom is 0.490 e. The van der Waals surface area contributed by atoms with Crippen LogP contribution in [-0.4, -0.2) is 137 Å². The molecular weight excluding hydrogens is 1250 g/mol. The largest absolute Gasteiger partial charge is 0.496 e. The Morgan fingerprint density at radius 3 is 1.61 bits per heavy atom. The van der Waals surface area contributed by atoms with Crippen LogP contribution in [0.2, 0.25) is 0 Å². The van der Waals surface area contributed by atoms with Crippen LogP contribution in [0.4, 0.5) is 48.3 Å². The highest BCUT2D eigenvalue weighted by Crippen LogP contribution is 2.36. The number of anilines is 6. The summed E-state index contributed by atoms with van der Waals surface area (Å²) in [4.78, 5) is 44.5. The molecule has 2 atom stereocenters. The van der Waals surface area contributed by atoms with Gasteiger partial charge in [-0.3, -0.25) is 4.90 Å². The second-order valence-corrected chi connectivity index (χ2v) is 23.2. The van der Waals surface area contributed by atoms with E-state index in [-0.39, 0.29) is 25.3 Å². The summed E-state index contributed by atoms with van der Waals surface area (Å²) in [6.07, 6.45) is 8.07. The lowest BCUT2D eigenvalue weighted by atomic mass is 10.0. The summed E-state index contributed by atoms with van der Waals surface area (Å²) in [6.45, 7) is 14.3. The van der Waals surface area contributed by atoms with Gasteiger partial charge in [0.15, 0.2) is 11.6 Å². The van der Waals surface area contributed by atoms with Crippen LogP contribution >= 0.6 is 15.9 Å². The summed E-state index contributed by atoms with van der Waals surface area (Å²) >= 11 is 3.32. The number of carboxylic acid groups (broad SMARTS) is 1. The molecule has 0 radical (unpaired) electrons. The number of carboxylic acids is 1. The monoisotopic (exact) mass is 1320 g/mol. The number of nitrogens with zero attached hydrogens (tertiary/aromatic N) is 13. The van der Waals surface area contributed by atoms with E-state index in [0.29, 0.717) is 47.7 Å². The van der Waals surface area contributed by atoms with Gasteiger partial charge in [-0.05, 0) is 143 Å². The molecule has 4 aromatic heterocycles. The SMILES string of the molecule is COc1cc(-n2cnc(Nc3nc4c(c(N5CCC[C@H]5CO)n3)CCN(Cc3ccc(C#N)cc3)C4)c2)cc(C)c1C.COc1cc(-n2cnc(Nc3nc4c(c(N5CCC[C@H]5CO)n3)CCNC4)c2)cc(C)c1C.N#Cc1ccc(CBr)cc1.O=C(O)C(F)(F)F. The number of fused-ring (bicyclic) bond motifs is 2. The van der Waals surface area contributed by atoms with Crippen molar-refractivity contribution in [2.24, 2.45) is 0 Å². The maximum atomic E-state index is 10.6. The fourth-order valence-electron chi connectivity index (χ4n) is 11.4. The van der Waals surface area contributed by atoms with Crippen LogP contribution in [0, 0.1) is 50.4 Å². The first-order chi connectivity index (χ1) is 44.3. The zero-order valence-electron chi connectivity index (χ0n) is 52.1. The average molecular weight is 1320 g/mol. The number of nitrogens with one attached hydrogen (secondary N) is 3. The summed E-state index contributed by atoms with van der Waals surface area (Å²) in [7, 11) is 3.37. The van der Waals surface area contributed by atoms with Gasteiger partial charge in [-0.15, -0.1) is 0 Å². The van der Waals surface area contributed by atoms with Gasteiger partial charge in [0.1, 0.15) is 35.8 Å². The molecule has 0 unspecified atom stereocenters. The second kappa shape index (κ2) is 30.8. The fourth-order valence-corrected chi connectivity index (χ4v) is 11.7. The van der Waals surface area contributed by atoms with Gasteiger partial charge >= 0.3 is 12.1 Å². The molecule has 0 spiro atoms. The number of methoxy groups -OCH3 is 2. The molecule has 0 amide bonds. The van der Waals surface area contributed by atoms with Crippen molar-refractivity contribution in [2.45, 2.75) is 109 Å². The first-order valence-corrected chi connectivity index (χ1v) is 31.2. The van der Waals surface area contributed by atoms with Gasteiger partial charge in [-0.2, -0.15) is 33.7 Å².